The maximum atomic E-state index is 3.79. The molecule has 18 heavy (non-hydrogen) atoms. The van der Waals surface area contributed by atoms with Crippen molar-refractivity contribution in [1.82, 2.24) is 0 Å². The molecule has 0 aliphatic rings. The van der Waals surface area contributed by atoms with Crippen molar-refractivity contribution in [3.63, 3.8) is 0 Å². The van der Waals surface area contributed by atoms with Gasteiger partial charge >= 0.3 is 0 Å². The summed E-state index contributed by atoms with van der Waals surface area (Å²) in [6, 6.07) is 0. The molecule has 0 rings (SSSR count). The zero-order valence-electron chi connectivity index (χ0n) is 12.6. The molecular formula is C14H32Br2S2. The first-order chi connectivity index (χ1) is 8.21. The van der Waals surface area contributed by atoms with Crippen LogP contribution in [0.3, 0.4) is 0 Å². The molecule has 0 saturated carbocycles. The molecule has 0 aromatic carbocycles. The molecule has 0 nitrogen and oxygen atoms in total. The lowest BCUT2D eigenvalue weighted by Gasteiger charge is -2.22. The Bertz CT molecular complexity index is 173. The van der Waals surface area contributed by atoms with E-state index in [1.165, 1.54) is 62.9 Å². The molecule has 0 aromatic rings. The fraction of sp³-hybridized carbons (Fsp3) is 1.00. The smallest absolute Gasteiger partial charge is 0.0141 e. The van der Waals surface area contributed by atoms with Crippen LogP contribution in [0.15, 0.2) is 0 Å². The Hall–Kier alpha value is 1.66. The maximum absolute atomic E-state index is 3.79. The molecule has 0 fully saturated rings. The predicted molar refractivity (Wildman–Crippen MR) is 103 cm³/mol. The second-order valence-corrected chi connectivity index (χ2v) is 23.0. The van der Waals surface area contributed by atoms with Crippen LogP contribution in [0.1, 0.15) is 51.4 Å². The Labute approximate surface area is 133 Å². The Morgan fingerprint density at radius 2 is 0.722 bits per heavy atom. The van der Waals surface area contributed by atoms with Crippen molar-refractivity contribution in [3.05, 3.63) is 0 Å². The van der Waals surface area contributed by atoms with Crippen LogP contribution in [0.25, 0.3) is 0 Å². The first kappa shape index (κ1) is 19.7. The lowest BCUT2D eigenvalue weighted by molar-refractivity contribution is 0.587. The van der Waals surface area contributed by atoms with E-state index in [0.717, 1.165) is 0 Å². The predicted octanol–water partition coefficient (Wildman–Crippen LogP) is 6.86. The van der Waals surface area contributed by atoms with Crippen molar-refractivity contribution in [2.75, 3.05) is 36.5 Å². The molecule has 0 aliphatic carbocycles. The Kier molecular flexibility index (Phi) is 11.4. The highest BCUT2D eigenvalue weighted by Gasteiger charge is 2.06. The molecule has 0 spiro atoms. The third-order valence-electron chi connectivity index (χ3n) is 3.01. The summed E-state index contributed by atoms with van der Waals surface area (Å²) in [5, 5.41) is 0. The number of halogens is 2. The van der Waals surface area contributed by atoms with Crippen LogP contribution in [-0.4, -0.2) is 36.5 Å². The van der Waals surface area contributed by atoms with E-state index in [9.17, 15) is 0 Å². The highest BCUT2D eigenvalue weighted by Crippen LogP contribution is 2.49. The molecule has 0 radical (unpaired) electrons. The van der Waals surface area contributed by atoms with Crippen LogP contribution < -0.4 is 0 Å². The van der Waals surface area contributed by atoms with E-state index in [2.05, 4.69) is 54.6 Å². The van der Waals surface area contributed by atoms with Crippen molar-refractivity contribution in [1.29, 1.82) is 0 Å². The molecule has 0 aliphatic heterocycles. The zero-order valence-corrected chi connectivity index (χ0v) is 17.4. The third kappa shape index (κ3) is 17.7. The Balaban J connectivity index is 3.13. The SMILES string of the molecule is CS(C)(Br)CCCCCCCCCCS(C)(C)Br. The van der Waals surface area contributed by atoms with Crippen LogP contribution in [0.4, 0.5) is 0 Å². The molecule has 114 valence electrons. The minimum absolute atomic E-state index is 0.433. The van der Waals surface area contributed by atoms with Gasteiger partial charge in [-0.1, -0.05) is 38.5 Å². The number of hydrogen-bond acceptors (Lipinski definition) is 0. The van der Waals surface area contributed by atoms with Crippen molar-refractivity contribution in [2.24, 2.45) is 0 Å². The molecule has 0 N–H and O–H groups in total. The maximum Gasteiger partial charge on any atom is -0.0141 e. The van der Waals surface area contributed by atoms with Gasteiger partial charge in [-0.2, -0.15) is 16.9 Å². The van der Waals surface area contributed by atoms with Gasteiger partial charge in [-0.15, -0.1) is 0 Å². The van der Waals surface area contributed by atoms with Gasteiger partial charge in [0.05, 0.1) is 0 Å². The molecule has 4 heteroatoms. The summed E-state index contributed by atoms with van der Waals surface area (Å²) in [7, 11) is -0.865. The monoisotopic (exact) mass is 422 g/mol. The third-order valence-corrected chi connectivity index (χ3v) is 7.47. The van der Waals surface area contributed by atoms with Crippen molar-refractivity contribution in [2.45, 2.75) is 51.4 Å². The number of hydrogen-bond donors (Lipinski definition) is 0. The van der Waals surface area contributed by atoms with Gasteiger partial charge in [0.25, 0.3) is 0 Å². The highest BCUT2D eigenvalue weighted by atomic mass is 79.9. The second kappa shape index (κ2) is 10.4. The normalized spacial score (nSPS) is 14.8. The van der Waals surface area contributed by atoms with E-state index in [1.807, 2.05) is 0 Å². The minimum Gasteiger partial charge on any atom is -0.189 e. The van der Waals surface area contributed by atoms with Gasteiger partial charge in [0.1, 0.15) is 0 Å². The lowest BCUT2D eigenvalue weighted by atomic mass is 10.1. The molecule has 0 heterocycles. The fourth-order valence-corrected chi connectivity index (χ4v) is 5.11. The van der Waals surface area contributed by atoms with Gasteiger partial charge in [-0.25, -0.2) is 0 Å². The summed E-state index contributed by atoms with van der Waals surface area (Å²) in [6.45, 7) is 0. The molecule has 0 atom stereocenters. The van der Waals surface area contributed by atoms with E-state index in [0.29, 0.717) is 0 Å². The quantitative estimate of drug-likeness (QED) is 0.318. The van der Waals surface area contributed by atoms with Gasteiger partial charge < -0.3 is 0 Å². The van der Waals surface area contributed by atoms with Gasteiger partial charge in [-0.3, -0.25) is 0 Å². The summed E-state index contributed by atoms with van der Waals surface area (Å²) < 4.78 is 0. The van der Waals surface area contributed by atoms with Crippen molar-refractivity contribution in [3.8, 4) is 0 Å². The summed E-state index contributed by atoms with van der Waals surface area (Å²) in [6.07, 6.45) is 20.9. The minimum atomic E-state index is -0.433. The Morgan fingerprint density at radius 1 is 0.500 bits per heavy atom. The highest BCUT2D eigenvalue weighted by molar-refractivity contribution is 9.58. The van der Waals surface area contributed by atoms with Gasteiger partial charge in [0.2, 0.25) is 0 Å². The van der Waals surface area contributed by atoms with E-state index >= 15 is 0 Å². The molecular weight excluding hydrogens is 392 g/mol. The molecule has 0 saturated heterocycles. The zero-order chi connectivity index (χ0) is 14.1. The fourth-order valence-electron chi connectivity index (χ4n) is 1.95. The average Bonchev–Trinajstić information content (AvgIpc) is 2.17. The topological polar surface area (TPSA) is 0 Å². The van der Waals surface area contributed by atoms with Crippen LogP contribution in [0.5, 0.6) is 0 Å². The van der Waals surface area contributed by atoms with E-state index in [1.54, 1.807) is 0 Å². The second-order valence-electron chi connectivity index (χ2n) is 6.04. The van der Waals surface area contributed by atoms with Gasteiger partial charge in [0, 0.05) is 0 Å². The largest absolute Gasteiger partial charge is 0.189 e. The van der Waals surface area contributed by atoms with Crippen LogP contribution in [0, 0.1) is 0 Å². The first-order valence-corrected chi connectivity index (χ1v) is 15.9. The standard InChI is InChI=1S/C14H32Br2S2/c1-17(2,15)13-11-9-7-5-6-8-10-12-14-18(3,4)16/h5-14H2,1-4H3. The lowest BCUT2D eigenvalue weighted by Crippen LogP contribution is -1.93. The van der Waals surface area contributed by atoms with Gasteiger partial charge in [-0.05, 0) is 79.0 Å². The van der Waals surface area contributed by atoms with Gasteiger partial charge in [0.15, 0.2) is 0 Å². The van der Waals surface area contributed by atoms with E-state index in [-0.39, 0.29) is 0 Å². The van der Waals surface area contributed by atoms with Crippen LogP contribution in [0.2, 0.25) is 0 Å². The molecule has 0 bridgehead atoms. The van der Waals surface area contributed by atoms with Crippen LogP contribution in [-0.2, 0) is 0 Å². The summed E-state index contributed by atoms with van der Waals surface area (Å²) in [4.78, 5) is 0. The van der Waals surface area contributed by atoms with E-state index < -0.39 is 16.9 Å². The number of rotatable bonds is 11. The molecule has 0 amide bonds. The van der Waals surface area contributed by atoms with Crippen molar-refractivity contribution >= 4 is 46.5 Å². The van der Waals surface area contributed by atoms with Crippen LogP contribution >= 0.6 is 46.5 Å². The summed E-state index contributed by atoms with van der Waals surface area (Å²) >= 11 is 7.57. The molecule has 0 aromatic heterocycles. The number of unbranched alkanes of at least 4 members (excludes halogenated alkanes) is 7. The molecule has 0 unspecified atom stereocenters. The first-order valence-electron chi connectivity index (χ1n) is 7.02. The van der Waals surface area contributed by atoms with Crippen molar-refractivity contribution < 1.29 is 0 Å². The Morgan fingerprint density at radius 3 is 0.944 bits per heavy atom. The summed E-state index contributed by atoms with van der Waals surface area (Å²) in [5.74, 6) is 2.77. The average molecular weight is 424 g/mol. The van der Waals surface area contributed by atoms with E-state index in [4.69, 9.17) is 0 Å². The summed E-state index contributed by atoms with van der Waals surface area (Å²) in [5.41, 5.74) is 0.